The SMILES string of the molecule is O=C(O)c1ccc(C=NN2C(=O)c3ccccc3C23c2ccc(O)cc2Oc2cc(O)ccc23)cc1. The Morgan fingerprint density at radius 1 is 0.833 bits per heavy atom. The highest BCUT2D eigenvalue weighted by molar-refractivity contribution is 6.03. The molecule has 0 radical (unpaired) electrons. The zero-order valence-electron chi connectivity index (χ0n) is 18.6. The van der Waals surface area contributed by atoms with E-state index in [2.05, 4.69) is 5.10 Å². The first-order valence-corrected chi connectivity index (χ1v) is 11.1. The molecular formula is C28H18N2O6. The Hall–Kier alpha value is -5.11. The summed E-state index contributed by atoms with van der Waals surface area (Å²) < 4.78 is 6.06. The van der Waals surface area contributed by atoms with Crippen molar-refractivity contribution in [3.05, 3.63) is 118 Å². The molecule has 0 atom stereocenters. The highest BCUT2D eigenvalue weighted by Gasteiger charge is 2.57. The third-order valence-electron chi connectivity index (χ3n) is 6.47. The number of carboxylic acids is 1. The Morgan fingerprint density at radius 3 is 2.06 bits per heavy atom. The lowest BCUT2D eigenvalue weighted by Crippen LogP contribution is -2.44. The van der Waals surface area contributed by atoms with E-state index < -0.39 is 11.5 Å². The highest BCUT2D eigenvalue weighted by Crippen LogP contribution is 2.58. The standard InChI is InChI=1S/C28H18N2O6/c31-18-9-11-22-24(13-18)36-25-14-19(32)10-12-23(25)28(22)21-4-2-1-3-20(21)26(33)30(28)29-15-16-5-7-17(8-6-16)27(34)35/h1-15,31-32H,(H,34,35). The van der Waals surface area contributed by atoms with Crippen molar-refractivity contribution in [1.82, 2.24) is 5.01 Å². The Bertz CT molecular complexity index is 1540. The largest absolute Gasteiger partial charge is 0.508 e. The van der Waals surface area contributed by atoms with Gasteiger partial charge in [-0.1, -0.05) is 30.3 Å². The molecule has 8 nitrogen and oxygen atoms in total. The molecule has 0 saturated heterocycles. The molecule has 4 aromatic rings. The molecule has 176 valence electrons. The molecule has 0 saturated carbocycles. The summed E-state index contributed by atoms with van der Waals surface area (Å²) in [6, 6.07) is 22.7. The average Bonchev–Trinajstić information content (AvgIpc) is 3.11. The number of nitrogens with zero attached hydrogens (tertiary/aromatic N) is 2. The van der Waals surface area contributed by atoms with Gasteiger partial charge in [-0.15, -0.1) is 0 Å². The number of rotatable bonds is 3. The van der Waals surface area contributed by atoms with E-state index in [1.54, 1.807) is 36.4 Å². The lowest BCUT2D eigenvalue weighted by Gasteiger charge is -2.41. The van der Waals surface area contributed by atoms with E-state index >= 15 is 0 Å². The number of ether oxygens (including phenoxy) is 1. The van der Waals surface area contributed by atoms with Crippen LogP contribution >= 0.6 is 0 Å². The van der Waals surface area contributed by atoms with Gasteiger partial charge in [0.1, 0.15) is 28.5 Å². The van der Waals surface area contributed by atoms with Crippen LogP contribution in [0.25, 0.3) is 0 Å². The smallest absolute Gasteiger partial charge is 0.335 e. The van der Waals surface area contributed by atoms with Crippen LogP contribution in [-0.2, 0) is 5.54 Å². The van der Waals surface area contributed by atoms with E-state index in [0.29, 0.717) is 39.3 Å². The van der Waals surface area contributed by atoms with Crippen LogP contribution < -0.4 is 4.74 Å². The van der Waals surface area contributed by atoms with Crippen LogP contribution in [0.3, 0.4) is 0 Å². The first-order valence-electron chi connectivity index (χ1n) is 11.1. The van der Waals surface area contributed by atoms with Crippen molar-refractivity contribution >= 4 is 18.1 Å². The van der Waals surface area contributed by atoms with Crippen molar-refractivity contribution in [2.75, 3.05) is 0 Å². The number of fused-ring (bicyclic) bond motifs is 6. The fraction of sp³-hybridized carbons (Fsp3) is 0.0357. The molecule has 8 heteroatoms. The van der Waals surface area contributed by atoms with E-state index in [1.807, 2.05) is 12.1 Å². The summed E-state index contributed by atoms with van der Waals surface area (Å²) >= 11 is 0. The summed E-state index contributed by atoms with van der Waals surface area (Å²) in [5.74, 6) is -0.766. The normalized spacial score (nSPS) is 14.9. The highest BCUT2D eigenvalue weighted by atomic mass is 16.5. The van der Waals surface area contributed by atoms with Gasteiger partial charge >= 0.3 is 5.97 Å². The molecule has 1 spiro atoms. The minimum Gasteiger partial charge on any atom is -0.508 e. The summed E-state index contributed by atoms with van der Waals surface area (Å²) in [6.07, 6.45) is 1.49. The molecule has 0 unspecified atom stereocenters. The number of aromatic carboxylic acids is 1. The first-order chi connectivity index (χ1) is 17.4. The number of carboxylic acid groups (broad SMARTS) is 1. The molecule has 6 rings (SSSR count). The molecule has 0 bridgehead atoms. The van der Waals surface area contributed by atoms with Gasteiger partial charge in [-0.25, -0.2) is 9.80 Å². The van der Waals surface area contributed by atoms with Crippen LogP contribution in [0.5, 0.6) is 23.0 Å². The molecule has 1 amide bonds. The molecule has 0 aromatic heterocycles. The third-order valence-corrected chi connectivity index (χ3v) is 6.47. The van der Waals surface area contributed by atoms with Crippen molar-refractivity contribution in [2.24, 2.45) is 5.10 Å². The van der Waals surface area contributed by atoms with Gasteiger partial charge in [0.05, 0.1) is 11.8 Å². The van der Waals surface area contributed by atoms with Crippen LogP contribution in [0.1, 0.15) is 43.0 Å². The zero-order chi connectivity index (χ0) is 25.0. The van der Waals surface area contributed by atoms with Gasteiger partial charge in [0.2, 0.25) is 0 Å². The van der Waals surface area contributed by atoms with Gasteiger partial charge in [0.25, 0.3) is 5.91 Å². The lowest BCUT2D eigenvalue weighted by molar-refractivity contribution is 0.0672. The van der Waals surface area contributed by atoms with Gasteiger partial charge in [0.15, 0.2) is 0 Å². The maximum Gasteiger partial charge on any atom is 0.335 e. The molecular weight excluding hydrogens is 460 g/mol. The Morgan fingerprint density at radius 2 is 1.44 bits per heavy atom. The molecule has 36 heavy (non-hydrogen) atoms. The summed E-state index contributed by atoms with van der Waals surface area (Å²) in [5.41, 5.74) is 1.81. The van der Waals surface area contributed by atoms with Crippen LogP contribution in [0, 0.1) is 0 Å². The van der Waals surface area contributed by atoms with Crippen molar-refractivity contribution in [3.8, 4) is 23.0 Å². The van der Waals surface area contributed by atoms with Crippen LogP contribution in [0.4, 0.5) is 0 Å². The summed E-state index contributed by atoms with van der Waals surface area (Å²) in [4.78, 5) is 25.0. The second-order valence-corrected chi connectivity index (χ2v) is 8.51. The van der Waals surface area contributed by atoms with Gasteiger partial charge in [-0.3, -0.25) is 4.79 Å². The molecule has 2 heterocycles. The summed E-state index contributed by atoms with van der Waals surface area (Å²) in [6.45, 7) is 0. The number of carbonyl (C=O) groups excluding carboxylic acids is 1. The second kappa shape index (κ2) is 7.71. The molecule has 2 aliphatic rings. The number of amides is 1. The quantitative estimate of drug-likeness (QED) is 0.368. The number of phenolic OH excluding ortho intramolecular Hbond substituents is 2. The van der Waals surface area contributed by atoms with E-state index in [9.17, 15) is 24.9 Å². The zero-order valence-corrected chi connectivity index (χ0v) is 18.6. The Balaban J connectivity index is 1.61. The van der Waals surface area contributed by atoms with Crippen LogP contribution in [-0.4, -0.2) is 38.4 Å². The summed E-state index contributed by atoms with van der Waals surface area (Å²) in [7, 11) is 0. The number of hydrogen-bond donors (Lipinski definition) is 3. The maximum atomic E-state index is 13.8. The summed E-state index contributed by atoms with van der Waals surface area (Å²) in [5, 5.41) is 35.5. The van der Waals surface area contributed by atoms with Gasteiger partial charge < -0.3 is 20.1 Å². The van der Waals surface area contributed by atoms with E-state index in [1.165, 1.54) is 47.6 Å². The predicted octanol–water partition coefficient (Wildman–Crippen LogP) is 4.68. The fourth-order valence-corrected chi connectivity index (χ4v) is 4.91. The number of phenols is 2. The molecule has 0 aliphatic carbocycles. The van der Waals surface area contributed by atoms with E-state index in [0.717, 1.165) is 0 Å². The number of hydrogen-bond acceptors (Lipinski definition) is 6. The molecule has 4 aromatic carbocycles. The number of carbonyl (C=O) groups is 2. The van der Waals surface area contributed by atoms with Crippen molar-refractivity contribution in [1.29, 1.82) is 0 Å². The second-order valence-electron chi connectivity index (χ2n) is 8.51. The van der Waals surface area contributed by atoms with Crippen LogP contribution in [0.15, 0.2) is 90.0 Å². The monoisotopic (exact) mass is 478 g/mol. The van der Waals surface area contributed by atoms with E-state index in [4.69, 9.17) is 4.74 Å². The third kappa shape index (κ3) is 2.98. The first kappa shape index (κ1) is 21.4. The Kier molecular flexibility index (Phi) is 4.59. The number of benzene rings is 4. The van der Waals surface area contributed by atoms with Crippen molar-refractivity contribution < 1.29 is 29.6 Å². The van der Waals surface area contributed by atoms with Gasteiger partial charge in [0, 0.05) is 34.4 Å². The predicted molar refractivity (Wildman–Crippen MR) is 130 cm³/mol. The fourth-order valence-electron chi connectivity index (χ4n) is 4.91. The average molecular weight is 478 g/mol. The van der Waals surface area contributed by atoms with Gasteiger partial charge in [-0.05, 0) is 48.0 Å². The lowest BCUT2D eigenvalue weighted by atomic mass is 9.75. The van der Waals surface area contributed by atoms with E-state index in [-0.39, 0.29) is 23.0 Å². The minimum absolute atomic E-state index is 0.0151. The van der Waals surface area contributed by atoms with Crippen molar-refractivity contribution in [2.45, 2.75) is 5.54 Å². The Labute approximate surface area is 204 Å². The molecule has 0 fully saturated rings. The number of hydrazone groups is 1. The minimum atomic E-state index is -1.24. The topological polar surface area (TPSA) is 120 Å². The van der Waals surface area contributed by atoms with Crippen molar-refractivity contribution in [3.63, 3.8) is 0 Å². The maximum absolute atomic E-state index is 13.8. The molecule has 2 aliphatic heterocycles. The van der Waals surface area contributed by atoms with Crippen LogP contribution in [0.2, 0.25) is 0 Å². The van der Waals surface area contributed by atoms with Gasteiger partial charge in [-0.2, -0.15) is 5.10 Å². The number of aromatic hydroxyl groups is 2. The molecule has 3 N–H and O–H groups in total.